The molecule has 2 aliphatic rings. The smallest absolute Gasteiger partial charge is 0.234 e. The molecule has 2 amide bonds. The second-order valence-corrected chi connectivity index (χ2v) is 5.35. The van der Waals surface area contributed by atoms with Crippen LogP contribution in [0.5, 0.6) is 0 Å². The van der Waals surface area contributed by atoms with Gasteiger partial charge in [0, 0.05) is 6.42 Å². The molecule has 1 atom stereocenters. The summed E-state index contributed by atoms with van der Waals surface area (Å²) < 4.78 is 0. The number of hydrogen-bond donors (Lipinski definition) is 1. The Labute approximate surface area is 116 Å². The molecule has 1 aliphatic carbocycles. The van der Waals surface area contributed by atoms with Gasteiger partial charge < -0.3 is 0 Å². The highest BCUT2D eigenvalue weighted by Gasteiger charge is 2.32. The molecule has 98 valence electrons. The average molecular weight is 263 g/mol. The Bertz CT molecular complexity index is 783. The van der Waals surface area contributed by atoms with Crippen LogP contribution in [0.1, 0.15) is 24.0 Å². The molecule has 0 aromatic heterocycles. The van der Waals surface area contributed by atoms with Gasteiger partial charge in [0.15, 0.2) is 0 Å². The van der Waals surface area contributed by atoms with E-state index in [1.165, 1.54) is 10.8 Å². The number of amides is 2. The number of carbonyl (C=O) groups excluding carboxylic acids is 2. The molecule has 1 fully saturated rings. The van der Waals surface area contributed by atoms with E-state index in [0.29, 0.717) is 12.8 Å². The van der Waals surface area contributed by atoms with Gasteiger partial charge in [-0.15, -0.1) is 0 Å². The van der Waals surface area contributed by atoms with Gasteiger partial charge in [0.1, 0.15) is 0 Å². The second-order valence-electron chi connectivity index (χ2n) is 5.35. The Morgan fingerprint density at radius 2 is 1.85 bits per heavy atom. The maximum absolute atomic E-state index is 12.1. The van der Waals surface area contributed by atoms with Crippen molar-refractivity contribution in [2.45, 2.75) is 12.8 Å². The Hall–Kier alpha value is -2.42. The van der Waals surface area contributed by atoms with E-state index in [-0.39, 0.29) is 17.7 Å². The first-order chi connectivity index (χ1) is 9.74. The van der Waals surface area contributed by atoms with Gasteiger partial charge in [-0.3, -0.25) is 14.9 Å². The summed E-state index contributed by atoms with van der Waals surface area (Å²) in [6.45, 7) is 0. The van der Waals surface area contributed by atoms with E-state index >= 15 is 0 Å². The molecule has 3 heteroatoms. The van der Waals surface area contributed by atoms with Crippen molar-refractivity contribution < 1.29 is 9.59 Å². The number of imide groups is 1. The Balaban J connectivity index is 1.85. The summed E-state index contributed by atoms with van der Waals surface area (Å²) in [4.78, 5) is 23.4. The number of carbonyl (C=O) groups is 2. The van der Waals surface area contributed by atoms with Gasteiger partial charge in [-0.25, -0.2) is 0 Å². The zero-order valence-corrected chi connectivity index (χ0v) is 10.8. The summed E-state index contributed by atoms with van der Waals surface area (Å²) in [6.07, 6.45) is 3.11. The average Bonchev–Trinajstić information content (AvgIpc) is 2.80. The van der Waals surface area contributed by atoms with Crippen molar-refractivity contribution in [1.29, 1.82) is 0 Å². The first-order valence-corrected chi connectivity index (χ1v) is 6.81. The predicted molar refractivity (Wildman–Crippen MR) is 77.7 cm³/mol. The van der Waals surface area contributed by atoms with Crippen molar-refractivity contribution in [3.63, 3.8) is 0 Å². The van der Waals surface area contributed by atoms with E-state index in [1.54, 1.807) is 0 Å². The fourth-order valence-electron chi connectivity index (χ4n) is 3.25. The molecule has 1 unspecified atom stereocenters. The second kappa shape index (κ2) is 4.04. The molecule has 4 rings (SSSR count). The zero-order valence-electron chi connectivity index (χ0n) is 10.8. The summed E-state index contributed by atoms with van der Waals surface area (Å²) in [7, 11) is 0. The van der Waals surface area contributed by atoms with Crippen molar-refractivity contribution in [2.75, 3.05) is 0 Å². The van der Waals surface area contributed by atoms with Crippen molar-refractivity contribution in [3.8, 4) is 0 Å². The maximum Gasteiger partial charge on any atom is 0.234 e. The van der Waals surface area contributed by atoms with Gasteiger partial charge >= 0.3 is 0 Å². The monoisotopic (exact) mass is 263 g/mol. The molecule has 0 spiro atoms. The highest BCUT2D eigenvalue weighted by molar-refractivity contribution is 6.15. The molecular weight excluding hydrogens is 250 g/mol. The standard InChI is InChI=1S/C17H13NO2/c19-15-8-7-13(17(20)18-15)14-9-11-5-1-3-10-4-2-6-12(14)16(10)11/h1-6,9,13H,7-8H2,(H,18,19,20). The lowest BCUT2D eigenvalue weighted by molar-refractivity contribution is -0.134. The summed E-state index contributed by atoms with van der Waals surface area (Å²) in [5.74, 6) is -0.552. The van der Waals surface area contributed by atoms with Crippen LogP contribution in [0, 0.1) is 5.92 Å². The van der Waals surface area contributed by atoms with Crippen molar-refractivity contribution >= 4 is 34.2 Å². The normalized spacial score (nSPS) is 21.0. The molecule has 2 aromatic rings. The summed E-state index contributed by atoms with van der Waals surface area (Å²) in [6, 6.07) is 12.4. The minimum Gasteiger partial charge on any atom is -0.296 e. The van der Waals surface area contributed by atoms with Crippen LogP contribution in [0.2, 0.25) is 0 Å². The molecule has 1 N–H and O–H groups in total. The van der Waals surface area contributed by atoms with Crippen LogP contribution in [0.25, 0.3) is 22.4 Å². The third-order valence-corrected chi connectivity index (χ3v) is 4.17. The van der Waals surface area contributed by atoms with Crippen LogP contribution in [0.4, 0.5) is 0 Å². The molecule has 20 heavy (non-hydrogen) atoms. The SMILES string of the molecule is O=C1CCC(C2=Cc3cccc4cccc2c34)C(=O)N1. The molecule has 0 bridgehead atoms. The quantitative estimate of drug-likeness (QED) is 0.804. The van der Waals surface area contributed by atoms with Gasteiger partial charge in [-0.2, -0.15) is 0 Å². The molecule has 1 aliphatic heterocycles. The number of hydrogen-bond acceptors (Lipinski definition) is 2. The van der Waals surface area contributed by atoms with Gasteiger partial charge in [0.25, 0.3) is 0 Å². The summed E-state index contributed by atoms with van der Waals surface area (Å²) in [5, 5.41) is 4.86. The summed E-state index contributed by atoms with van der Waals surface area (Å²) >= 11 is 0. The minimum atomic E-state index is -0.217. The molecule has 1 heterocycles. The number of benzene rings is 2. The minimum absolute atomic E-state index is 0.166. The largest absolute Gasteiger partial charge is 0.296 e. The fraction of sp³-hybridized carbons (Fsp3) is 0.176. The Morgan fingerprint density at radius 1 is 1.05 bits per heavy atom. The van der Waals surface area contributed by atoms with Crippen LogP contribution in [-0.4, -0.2) is 11.8 Å². The van der Waals surface area contributed by atoms with Crippen LogP contribution in [0.15, 0.2) is 36.4 Å². The van der Waals surface area contributed by atoms with Crippen LogP contribution < -0.4 is 5.32 Å². The fourth-order valence-corrected chi connectivity index (χ4v) is 3.25. The van der Waals surface area contributed by atoms with Crippen molar-refractivity contribution in [2.24, 2.45) is 5.92 Å². The van der Waals surface area contributed by atoms with Gasteiger partial charge in [0.2, 0.25) is 11.8 Å². The molecule has 1 saturated heterocycles. The summed E-state index contributed by atoms with van der Waals surface area (Å²) in [5.41, 5.74) is 3.34. The van der Waals surface area contributed by atoms with E-state index in [1.807, 2.05) is 12.1 Å². The number of nitrogens with one attached hydrogen (secondary N) is 1. The maximum atomic E-state index is 12.1. The van der Waals surface area contributed by atoms with Crippen molar-refractivity contribution in [1.82, 2.24) is 5.32 Å². The van der Waals surface area contributed by atoms with Gasteiger partial charge in [0.05, 0.1) is 5.92 Å². The van der Waals surface area contributed by atoms with Crippen LogP contribution in [0.3, 0.4) is 0 Å². The molecule has 2 aromatic carbocycles. The topological polar surface area (TPSA) is 46.2 Å². The zero-order chi connectivity index (χ0) is 13.7. The third kappa shape index (κ3) is 1.53. The highest BCUT2D eigenvalue weighted by atomic mass is 16.2. The Morgan fingerprint density at radius 3 is 2.65 bits per heavy atom. The molecule has 0 saturated carbocycles. The van der Waals surface area contributed by atoms with Crippen molar-refractivity contribution in [3.05, 3.63) is 47.5 Å². The van der Waals surface area contributed by atoms with E-state index < -0.39 is 0 Å². The first-order valence-electron chi connectivity index (χ1n) is 6.81. The lowest BCUT2D eigenvalue weighted by Crippen LogP contribution is -2.40. The lowest BCUT2D eigenvalue weighted by Gasteiger charge is -2.22. The van der Waals surface area contributed by atoms with E-state index in [4.69, 9.17) is 0 Å². The Kier molecular flexibility index (Phi) is 2.30. The lowest BCUT2D eigenvalue weighted by atomic mass is 9.87. The van der Waals surface area contributed by atoms with Gasteiger partial charge in [-0.1, -0.05) is 36.4 Å². The van der Waals surface area contributed by atoms with Gasteiger partial charge in [-0.05, 0) is 40.0 Å². The highest BCUT2D eigenvalue weighted by Crippen LogP contribution is 2.41. The third-order valence-electron chi connectivity index (χ3n) is 4.17. The van der Waals surface area contributed by atoms with E-state index in [9.17, 15) is 9.59 Å². The van der Waals surface area contributed by atoms with E-state index in [0.717, 1.165) is 16.7 Å². The van der Waals surface area contributed by atoms with E-state index in [2.05, 4.69) is 35.7 Å². The molecule has 3 nitrogen and oxygen atoms in total. The number of rotatable bonds is 1. The van der Waals surface area contributed by atoms with Crippen LogP contribution in [-0.2, 0) is 9.59 Å². The van der Waals surface area contributed by atoms with Crippen LogP contribution >= 0.6 is 0 Å². The number of piperidine rings is 1. The first kappa shape index (κ1) is 11.4. The molecule has 0 radical (unpaired) electrons. The predicted octanol–water partition coefficient (Wildman–Crippen LogP) is 2.75. The molecular formula is C17H13NO2.